The summed E-state index contributed by atoms with van der Waals surface area (Å²) in [5.41, 5.74) is 2.44. The Morgan fingerprint density at radius 1 is 1.18 bits per heavy atom. The normalized spacial score (nSPS) is 20.0. The molecule has 0 radical (unpaired) electrons. The molecule has 2 heterocycles. The third-order valence-electron chi connectivity index (χ3n) is 5.19. The van der Waals surface area contributed by atoms with E-state index >= 15 is 0 Å². The third kappa shape index (κ3) is 4.14. The summed E-state index contributed by atoms with van der Waals surface area (Å²) >= 11 is 0. The summed E-state index contributed by atoms with van der Waals surface area (Å²) < 4.78 is 33.1. The summed E-state index contributed by atoms with van der Waals surface area (Å²) in [5, 5.41) is 6.50. The SMILES string of the molecule is COc1ccc(CN(c2ccnc(C3CNCCN3)c2)S(=O)(=O)C2CC2)cc1. The number of benzene rings is 1. The average Bonchev–Trinajstić information content (AvgIpc) is 3.59. The van der Waals surface area contributed by atoms with E-state index in [0.29, 0.717) is 12.2 Å². The number of aromatic nitrogens is 1. The molecule has 2 aromatic rings. The molecular weight excluding hydrogens is 376 g/mol. The van der Waals surface area contributed by atoms with E-state index in [-0.39, 0.29) is 11.3 Å². The molecule has 1 aliphatic carbocycles. The van der Waals surface area contributed by atoms with Crippen LogP contribution in [0.2, 0.25) is 0 Å². The van der Waals surface area contributed by atoms with Crippen LogP contribution in [-0.2, 0) is 16.6 Å². The van der Waals surface area contributed by atoms with Gasteiger partial charge >= 0.3 is 0 Å². The summed E-state index contributed by atoms with van der Waals surface area (Å²) in [6, 6.07) is 11.3. The minimum absolute atomic E-state index is 0.0835. The van der Waals surface area contributed by atoms with E-state index in [1.54, 1.807) is 19.4 Å². The van der Waals surface area contributed by atoms with Crippen LogP contribution >= 0.6 is 0 Å². The second-order valence-corrected chi connectivity index (χ2v) is 9.39. The molecule has 1 unspecified atom stereocenters. The maximum atomic E-state index is 13.2. The van der Waals surface area contributed by atoms with Crippen molar-refractivity contribution >= 4 is 15.7 Å². The highest BCUT2D eigenvalue weighted by atomic mass is 32.2. The highest BCUT2D eigenvalue weighted by Crippen LogP contribution is 2.35. The van der Waals surface area contributed by atoms with Gasteiger partial charge in [-0.2, -0.15) is 0 Å². The Labute approximate surface area is 166 Å². The number of anilines is 1. The lowest BCUT2D eigenvalue weighted by Gasteiger charge is -2.27. The van der Waals surface area contributed by atoms with E-state index in [4.69, 9.17) is 4.74 Å². The lowest BCUT2D eigenvalue weighted by Crippen LogP contribution is -2.43. The first-order chi connectivity index (χ1) is 13.6. The molecule has 2 N–H and O–H groups in total. The molecule has 1 saturated carbocycles. The first kappa shape index (κ1) is 19.2. The Morgan fingerprint density at radius 2 is 1.96 bits per heavy atom. The highest BCUT2D eigenvalue weighted by Gasteiger charge is 2.40. The number of pyridine rings is 1. The Bertz CT molecular complexity index is 907. The zero-order valence-corrected chi connectivity index (χ0v) is 16.8. The molecule has 0 spiro atoms. The van der Waals surface area contributed by atoms with E-state index in [2.05, 4.69) is 15.6 Å². The molecule has 2 aliphatic rings. The van der Waals surface area contributed by atoms with Crippen LogP contribution in [0.1, 0.15) is 30.1 Å². The van der Waals surface area contributed by atoms with Gasteiger partial charge in [-0.15, -0.1) is 0 Å². The van der Waals surface area contributed by atoms with Crippen LogP contribution in [-0.4, -0.2) is 45.4 Å². The van der Waals surface area contributed by atoms with Crippen molar-refractivity contribution in [1.82, 2.24) is 15.6 Å². The lowest BCUT2D eigenvalue weighted by molar-refractivity contribution is 0.414. The second kappa shape index (κ2) is 8.06. The Hall–Kier alpha value is -2.16. The van der Waals surface area contributed by atoms with Crippen molar-refractivity contribution in [2.24, 2.45) is 0 Å². The van der Waals surface area contributed by atoms with Crippen LogP contribution in [0.25, 0.3) is 0 Å². The van der Waals surface area contributed by atoms with Gasteiger partial charge in [0.15, 0.2) is 0 Å². The predicted octanol–water partition coefficient (Wildman–Crippen LogP) is 1.82. The number of methoxy groups -OCH3 is 1. The number of piperazine rings is 1. The van der Waals surface area contributed by atoms with Crippen molar-refractivity contribution in [3.8, 4) is 5.75 Å². The van der Waals surface area contributed by atoms with Crippen LogP contribution in [0.4, 0.5) is 5.69 Å². The lowest BCUT2D eigenvalue weighted by atomic mass is 10.1. The van der Waals surface area contributed by atoms with Gasteiger partial charge in [0.1, 0.15) is 5.75 Å². The van der Waals surface area contributed by atoms with E-state index in [0.717, 1.165) is 49.5 Å². The number of hydrogen-bond acceptors (Lipinski definition) is 6. The number of sulfonamides is 1. The molecule has 1 aromatic carbocycles. The van der Waals surface area contributed by atoms with Crippen LogP contribution in [0.3, 0.4) is 0 Å². The minimum atomic E-state index is -3.40. The van der Waals surface area contributed by atoms with Crippen LogP contribution in [0, 0.1) is 0 Å². The number of rotatable bonds is 7. The molecule has 1 saturated heterocycles. The third-order valence-corrected chi connectivity index (χ3v) is 7.46. The maximum Gasteiger partial charge on any atom is 0.238 e. The van der Waals surface area contributed by atoms with E-state index < -0.39 is 10.0 Å². The van der Waals surface area contributed by atoms with Gasteiger partial charge in [0, 0.05) is 25.8 Å². The summed E-state index contributed by atoms with van der Waals surface area (Å²) in [6.07, 6.45) is 3.16. The Kier molecular flexibility index (Phi) is 5.52. The van der Waals surface area contributed by atoms with Crippen molar-refractivity contribution in [2.75, 3.05) is 31.0 Å². The summed E-state index contributed by atoms with van der Waals surface area (Å²) in [7, 11) is -1.79. The fourth-order valence-electron chi connectivity index (χ4n) is 3.42. The molecule has 8 heteroatoms. The molecule has 2 fully saturated rings. The molecule has 7 nitrogen and oxygen atoms in total. The zero-order chi connectivity index (χ0) is 19.6. The molecule has 1 atom stereocenters. The van der Waals surface area contributed by atoms with Crippen molar-refractivity contribution in [3.05, 3.63) is 53.9 Å². The zero-order valence-electron chi connectivity index (χ0n) is 16.0. The monoisotopic (exact) mass is 402 g/mol. The van der Waals surface area contributed by atoms with E-state index in [1.807, 2.05) is 30.3 Å². The largest absolute Gasteiger partial charge is 0.497 e. The quantitative estimate of drug-likeness (QED) is 0.735. The topological polar surface area (TPSA) is 83.6 Å². The summed E-state index contributed by atoms with van der Waals surface area (Å²) in [5.74, 6) is 0.752. The second-order valence-electron chi connectivity index (χ2n) is 7.25. The van der Waals surface area contributed by atoms with E-state index in [9.17, 15) is 8.42 Å². The molecule has 0 amide bonds. The van der Waals surface area contributed by atoms with Crippen molar-refractivity contribution < 1.29 is 13.2 Å². The van der Waals surface area contributed by atoms with Gasteiger partial charge in [0.2, 0.25) is 10.0 Å². The summed E-state index contributed by atoms with van der Waals surface area (Å²) in [4.78, 5) is 4.48. The number of nitrogens with one attached hydrogen (secondary N) is 2. The molecule has 28 heavy (non-hydrogen) atoms. The fourth-order valence-corrected chi connectivity index (χ4v) is 5.24. The number of hydrogen-bond donors (Lipinski definition) is 2. The van der Waals surface area contributed by atoms with Crippen molar-refractivity contribution in [2.45, 2.75) is 30.7 Å². The average molecular weight is 403 g/mol. The fraction of sp³-hybridized carbons (Fsp3) is 0.450. The number of ether oxygens (including phenoxy) is 1. The standard InChI is InChI=1S/C20H26N4O3S/c1-27-17-4-2-15(3-5-17)14-24(28(25,26)18-6-7-18)16-8-9-22-19(12-16)20-13-21-10-11-23-20/h2-5,8-9,12,18,20-21,23H,6-7,10-11,13-14H2,1H3. The molecule has 1 aliphatic heterocycles. The van der Waals surface area contributed by atoms with Gasteiger partial charge in [0.25, 0.3) is 0 Å². The highest BCUT2D eigenvalue weighted by molar-refractivity contribution is 7.93. The van der Waals surface area contributed by atoms with Crippen molar-refractivity contribution in [1.29, 1.82) is 0 Å². The van der Waals surface area contributed by atoms with Gasteiger partial charge in [-0.1, -0.05) is 12.1 Å². The Balaban J connectivity index is 1.65. The van der Waals surface area contributed by atoms with Crippen LogP contribution < -0.4 is 19.7 Å². The molecule has 150 valence electrons. The minimum Gasteiger partial charge on any atom is -0.497 e. The first-order valence-corrected chi connectivity index (χ1v) is 11.1. The van der Waals surface area contributed by atoms with Crippen molar-refractivity contribution in [3.63, 3.8) is 0 Å². The van der Waals surface area contributed by atoms with Crippen LogP contribution in [0.5, 0.6) is 5.75 Å². The summed E-state index contributed by atoms with van der Waals surface area (Å²) in [6.45, 7) is 2.87. The predicted molar refractivity (Wildman–Crippen MR) is 109 cm³/mol. The molecule has 0 bridgehead atoms. The van der Waals surface area contributed by atoms with Gasteiger partial charge in [0.05, 0.1) is 36.3 Å². The van der Waals surface area contributed by atoms with Gasteiger partial charge < -0.3 is 15.4 Å². The smallest absolute Gasteiger partial charge is 0.238 e. The Morgan fingerprint density at radius 3 is 2.61 bits per heavy atom. The van der Waals surface area contributed by atoms with E-state index in [1.165, 1.54) is 4.31 Å². The van der Waals surface area contributed by atoms with Gasteiger partial charge in [-0.3, -0.25) is 9.29 Å². The number of nitrogens with zero attached hydrogens (tertiary/aromatic N) is 2. The van der Waals surface area contributed by atoms with Crippen LogP contribution in [0.15, 0.2) is 42.6 Å². The van der Waals surface area contributed by atoms with Gasteiger partial charge in [-0.25, -0.2) is 8.42 Å². The first-order valence-electron chi connectivity index (χ1n) is 9.62. The molecule has 1 aromatic heterocycles. The van der Waals surface area contributed by atoms with Gasteiger partial charge in [-0.05, 0) is 42.7 Å². The molecule has 4 rings (SSSR count). The maximum absolute atomic E-state index is 13.2. The molecular formula is C20H26N4O3S.